The topological polar surface area (TPSA) is 71.9 Å². The molecule has 1 unspecified atom stereocenters. The van der Waals surface area contributed by atoms with Gasteiger partial charge in [0, 0.05) is 12.2 Å². The molecule has 1 amide bonds. The summed E-state index contributed by atoms with van der Waals surface area (Å²) in [7, 11) is 1.63. The molecular formula is C25H34N2O4. The van der Waals surface area contributed by atoms with Gasteiger partial charge in [-0.25, -0.2) is 0 Å². The first-order valence-electron chi connectivity index (χ1n) is 10.9. The van der Waals surface area contributed by atoms with E-state index in [2.05, 4.69) is 31.0 Å². The number of hydrogen-bond acceptors (Lipinski definition) is 5. The van der Waals surface area contributed by atoms with Gasteiger partial charge < -0.3 is 19.5 Å². The number of rotatable bonds is 7. The van der Waals surface area contributed by atoms with Gasteiger partial charge >= 0.3 is 0 Å². The molecule has 1 aromatic heterocycles. The van der Waals surface area contributed by atoms with E-state index in [1.165, 1.54) is 5.56 Å². The van der Waals surface area contributed by atoms with Crippen LogP contribution >= 0.6 is 0 Å². The Kier molecular flexibility index (Phi) is 6.90. The van der Waals surface area contributed by atoms with Crippen LogP contribution in [0.5, 0.6) is 11.5 Å². The van der Waals surface area contributed by atoms with E-state index >= 15 is 0 Å². The number of fused-ring (bicyclic) bond motifs is 1. The fourth-order valence-electron chi connectivity index (χ4n) is 4.23. The average molecular weight is 427 g/mol. The van der Waals surface area contributed by atoms with Crippen LogP contribution in [0.25, 0.3) is 0 Å². The molecule has 2 heterocycles. The predicted octanol–water partition coefficient (Wildman–Crippen LogP) is 4.22. The first-order valence-corrected chi connectivity index (χ1v) is 10.9. The smallest absolute Gasteiger partial charge is 0.225 e. The summed E-state index contributed by atoms with van der Waals surface area (Å²) >= 11 is 0. The summed E-state index contributed by atoms with van der Waals surface area (Å²) in [5.74, 6) is 1.75. The van der Waals surface area contributed by atoms with Crippen LogP contribution in [0.3, 0.4) is 0 Å². The number of methoxy groups -OCH3 is 1. The van der Waals surface area contributed by atoms with Crippen LogP contribution in [0, 0.1) is 12.8 Å². The third-order valence-electron chi connectivity index (χ3n) is 5.59. The van der Waals surface area contributed by atoms with E-state index in [-0.39, 0.29) is 24.3 Å². The number of aromatic nitrogens is 1. The second-order valence-electron chi connectivity index (χ2n) is 9.27. The van der Waals surface area contributed by atoms with E-state index in [1.54, 1.807) is 21.0 Å². The van der Waals surface area contributed by atoms with Crippen LogP contribution in [0.15, 0.2) is 30.3 Å². The van der Waals surface area contributed by atoms with Crippen molar-refractivity contribution in [1.82, 2.24) is 9.88 Å². The van der Waals surface area contributed by atoms with Crippen molar-refractivity contribution in [2.45, 2.75) is 65.7 Å². The van der Waals surface area contributed by atoms with Crippen molar-refractivity contribution in [2.75, 3.05) is 13.7 Å². The van der Waals surface area contributed by atoms with Gasteiger partial charge in [-0.15, -0.1) is 0 Å². The van der Waals surface area contributed by atoms with Crippen molar-refractivity contribution >= 4 is 5.91 Å². The second kappa shape index (κ2) is 9.27. The predicted molar refractivity (Wildman–Crippen MR) is 120 cm³/mol. The number of aliphatic hydroxyl groups is 1. The highest BCUT2D eigenvalue weighted by molar-refractivity contribution is 5.78. The van der Waals surface area contributed by atoms with Crippen molar-refractivity contribution in [3.8, 4) is 11.5 Å². The maximum absolute atomic E-state index is 12.9. The van der Waals surface area contributed by atoms with Crippen LogP contribution in [0.2, 0.25) is 0 Å². The molecule has 168 valence electrons. The van der Waals surface area contributed by atoms with Gasteiger partial charge in [0.1, 0.15) is 23.8 Å². The van der Waals surface area contributed by atoms with Gasteiger partial charge in [0.25, 0.3) is 0 Å². The van der Waals surface area contributed by atoms with Crippen molar-refractivity contribution in [3.63, 3.8) is 0 Å². The molecule has 2 aromatic rings. The summed E-state index contributed by atoms with van der Waals surface area (Å²) in [6.45, 7) is 10.5. The Hall–Kier alpha value is -2.60. The van der Waals surface area contributed by atoms with Gasteiger partial charge in [0.05, 0.1) is 25.2 Å². The first kappa shape index (κ1) is 23.1. The number of ether oxygens (including phenoxy) is 2. The SMILES string of the molecule is COc1ccc(C)nc1COc1ccc2c(c1)CCN(C(=O)CC(C)(C)O)C2C(C)C. The highest BCUT2D eigenvalue weighted by Gasteiger charge is 2.34. The zero-order valence-electron chi connectivity index (χ0n) is 19.4. The zero-order valence-corrected chi connectivity index (χ0v) is 19.4. The normalized spacial score (nSPS) is 16.3. The molecule has 6 nitrogen and oxygen atoms in total. The molecule has 1 aliphatic rings. The Morgan fingerprint density at radius 2 is 2.03 bits per heavy atom. The molecule has 0 saturated heterocycles. The third-order valence-corrected chi connectivity index (χ3v) is 5.59. The van der Waals surface area contributed by atoms with Gasteiger partial charge in [0.2, 0.25) is 5.91 Å². The lowest BCUT2D eigenvalue weighted by atomic mass is 9.85. The largest absolute Gasteiger partial charge is 0.495 e. The monoisotopic (exact) mass is 426 g/mol. The molecule has 1 N–H and O–H groups in total. The van der Waals surface area contributed by atoms with Gasteiger partial charge in [-0.05, 0) is 68.5 Å². The molecule has 0 aliphatic carbocycles. The van der Waals surface area contributed by atoms with E-state index in [0.29, 0.717) is 18.9 Å². The minimum atomic E-state index is -1.01. The third kappa shape index (κ3) is 5.56. The maximum atomic E-state index is 12.9. The number of nitrogens with zero attached hydrogens (tertiary/aromatic N) is 2. The molecule has 1 aliphatic heterocycles. The number of pyridine rings is 1. The number of aryl methyl sites for hydroxylation is 1. The average Bonchev–Trinajstić information content (AvgIpc) is 2.69. The fraction of sp³-hybridized carbons (Fsp3) is 0.520. The van der Waals surface area contributed by atoms with E-state index in [1.807, 2.05) is 30.0 Å². The summed E-state index contributed by atoms with van der Waals surface area (Å²) in [5.41, 5.74) is 3.03. The van der Waals surface area contributed by atoms with Crippen LogP contribution in [0.4, 0.5) is 0 Å². The minimum absolute atomic E-state index is 0.00482. The number of carbonyl (C=O) groups excluding carboxylic acids is 1. The molecule has 3 rings (SSSR count). The number of benzene rings is 1. The fourth-order valence-corrected chi connectivity index (χ4v) is 4.23. The number of hydrogen-bond donors (Lipinski definition) is 1. The van der Waals surface area contributed by atoms with Gasteiger partial charge in [0.15, 0.2) is 0 Å². The molecular weight excluding hydrogens is 392 g/mol. The Balaban J connectivity index is 1.79. The van der Waals surface area contributed by atoms with Crippen molar-refractivity contribution in [1.29, 1.82) is 0 Å². The van der Waals surface area contributed by atoms with Gasteiger partial charge in [-0.3, -0.25) is 9.78 Å². The van der Waals surface area contributed by atoms with Gasteiger partial charge in [-0.1, -0.05) is 19.9 Å². The van der Waals surface area contributed by atoms with Gasteiger partial charge in [-0.2, -0.15) is 0 Å². The van der Waals surface area contributed by atoms with Crippen molar-refractivity contribution < 1.29 is 19.4 Å². The second-order valence-corrected chi connectivity index (χ2v) is 9.27. The summed E-state index contributed by atoms with van der Waals surface area (Å²) in [4.78, 5) is 19.3. The van der Waals surface area contributed by atoms with Crippen LogP contribution in [-0.2, 0) is 17.8 Å². The maximum Gasteiger partial charge on any atom is 0.225 e. The van der Waals surface area contributed by atoms with E-state index in [4.69, 9.17) is 9.47 Å². The Labute approximate surface area is 185 Å². The van der Waals surface area contributed by atoms with Crippen LogP contribution < -0.4 is 9.47 Å². The molecule has 6 heteroatoms. The molecule has 1 atom stereocenters. The number of carbonyl (C=O) groups is 1. The van der Waals surface area contributed by atoms with Crippen LogP contribution in [-0.4, -0.2) is 40.2 Å². The Morgan fingerprint density at radius 1 is 1.29 bits per heavy atom. The molecule has 0 spiro atoms. The molecule has 1 aromatic carbocycles. The van der Waals surface area contributed by atoms with E-state index in [0.717, 1.165) is 29.1 Å². The summed E-state index contributed by atoms with van der Waals surface area (Å²) < 4.78 is 11.4. The summed E-state index contributed by atoms with van der Waals surface area (Å²) in [6, 6.07) is 9.91. The van der Waals surface area contributed by atoms with Crippen molar-refractivity contribution in [2.24, 2.45) is 5.92 Å². The lowest BCUT2D eigenvalue weighted by Crippen LogP contribution is -2.44. The first-order chi connectivity index (χ1) is 14.6. The van der Waals surface area contributed by atoms with Crippen molar-refractivity contribution in [3.05, 3.63) is 52.8 Å². The van der Waals surface area contributed by atoms with E-state index < -0.39 is 5.60 Å². The summed E-state index contributed by atoms with van der Waals surface area (Å²) in [5, 5.41) is 10.1. The van der Waals surface area contributed by atoms with Crippen LogP contribution in [0.1, 0.15) is 62.7 Å². The molecule has 0 fully saturated rings. The molecule has 31 heavy (non-hydrogen) atoms. The Morgan fingerprint density at radius 3 is 2.68 bits per heavy atom. The van der Waals surface area contributed by atoms with E-state index in [9.17, 15) is 9.90 Å². The highest BCUT2D eigenvalue weighted by atomic mass is 16.5. The quantitative estimate of drug-likeness (QED) is 0.718. The highest BCUT2D eigenvalue weighted by Crippen LogP contribution is 2.37. The summed E-state index contributed by atoms with van der Waals surface area (Å²) in [6.07, 6.45) is 0.886. The lowest BCUT2D eigenvalue weighted by molar-refractivity contribution is -0.139. The lowest BCUT2D eigenvalue weighted by Gasteiger charge is -2.40. The molecule has 0 saturated carbocycles. The Bertz CT molecular complexity index is 934. The minimum Gasteiger partial charge on any atom is -0.495 e. The molecule has 0 bridgehead atoms. The molecule has 0 radical (unpaired) electrons. The number of amides is 1. The zero-order chi connectivity index (χ0) is 22.8. The standard InChI is InChI=1S/C25H34N2O4/c1-16(2)24-20-9-8-19(31-15-21-22(30-6)10-7-17(3)26-21)13-18(20)11-12-27(24)23(28)14-25(4,5)29/h7-10,13,16,24,29H,11-12,14-15H2,1-6H3.